The first-order valence-electron chi connectivity index (χ1n) is 8.53. The summed E-state index contributed by atoms with van der Waals surface area (Å²) in [7, 11) is 0. The van der Waals surface area contributed by atoms with E-state index in [1.807, 2.05) is 24.4 Å². The van der Waals surface area contributed by atoms with Crippen molar-refractivity contribution in [3.8, 4) is 11.3 Å². The molecule has 2 aromatic heterocycles. The minimum absolute atomic E-state index is 0.0246. The molecule has 3 aromatic rings. The van der Waals surface area contributed by atoms with Crippen LogP contribution in [0, 0.1) is 0 Å². The van der Waals surface area contributed by atoms with Crippen LogP contribution in [-0.2, 0) is 12.8 Å². The van der Waals surface area contributed by atoms with Crippen molar-refractivity contribution in [1.82, 2.24) is 9.38 Å². The lowest BCUT2D eigenvalue weighted by Gasteiger charge is -2.17. The van der Waals surface area contributed by atoms with E-state index >= 15 is 0 Å². The summed E-state index contributed by atoms with van der Waals surface area (Å²) in [5.41, 5.74) is 13.1. The second kappa shape index (κ2) is 6.02. The van der Waals surface area contributed by atoms with Crippen molar-refractivity contribution in [2.24, 2.45) is 5.73 Å². The highest BCUT2D eigenvalue weighted by atomic mass is 32.1. The fraction of sp³-hybridized carbons (Fsp3) is 0.300. The van der Waals surface area contributed by atoms with Crippen molar-refractivity contribution >= 4 is 22.9 Å². The molecule has 4 rings (SSSR count). The summed E-state index contributed by atoms with van der Waals surface area (Å²) in [6.07, 6.45) is 6.96. The van der Waals surface area contributed by atoms with E-state index in [4.69, 9.17) is 22.9 Å². The summed E-state index contributed by atoms with van der Waals surface area (Å²) < 4.78 is 2.11. The molecule has 3 nitrogen and oxygen atoms in total. The first-order valence-corrected chi connectivity index (χ1v) is 8.94. The molecule has 1 atom stereocenters. The number of nitrogens with zero attached hydrogens (tertiary/aromatic N) is 2. The Hall–Kier alpha value is -2.20. The number of rotatable bonds is 3. The van der Waals surface area contributed by atoms with E-state index in [-0.39, 0.29) is 5.92 Å². The van der Waals surface area contributed by atoms with Crippen molar-refractivity contribution in [2.45, 2.75) is 38.5 Å². The van der Waals surface area contributed by atoms with Gasteiger partial charge < -0.3 is 10.1 Å². The van der Waals surface area contributed by atoms with Crippen LogP contribution in [0.3, 0.4) is 0 Å². The molecule has 24 heavy (non-hydrogen) atoms. The third-order valence-electron chi connectivity index (χ3n) is 5.03. The first-order chi connectivity index (χ1) is 11.6. The minimum atomic E-state index is -0.0246. The fourth-order valence-corrected chi connectivity index (χ4v) is 3.77. The molecule has 1 aromatic carbocycles. The fourth-order valence-electron chi connectivity index (χ4n) is 3.66. The van der Waals surface area contributed by atoms with Gasteiger partial charge in [0.2, 0.25) is 0 Å². The van der Waals surface area contributed by atoms with Crippen LogP contribution in [0.25, 0.3) is 16.9 Å². The van der Waals surface area contributed by atoms with Gasteiger partial charge in [-0.1, -0.05) is 37.3 Å². The Bertz CT molecular complexity index is 926. The SMILES string of the molecule is CC(C(N)=S)c1c(-c2ccc3c(c2)CCCC3)nc2ccccn12. The van der Waals surface area contributed by atoms with Crippen LogP contribution in [0.15, 0.2) is 42.6 Å². The standard InChI is InChI=1S/C20H21N3S/c1-13(20(21)24)19-18(22-17-8-4-5-11-23(17)19)16-10-9-14-6-2-3-7-15(14)12-16/h4-5,8-13H,2-3,6-7H2,1H3,(H2,21,24). The van der Waals surface area contributed by atoms with Gasteiger partial charge in [0, 0.05) is 17.7 Å². The molecule has 0 amide bonds. The van der Waals surface area contributed by atoms with E-state index in [9.17, 15) is 0 Å². The molecule has 0 aliphatic heterocycles. The normalized spacial score (nSPS) is 15.2. The molecular formula is C20H21N3S. The lowest BCUT2D eigenvalue weighted by molar-refractivity contribution is 0.686. The van der Waals surface area contributed by atoms with Gasteiger partial charge in [0.1, 0.15) is 5.65 Å². The molecule has 0 spiro atoms. The molecule has 0 radical (unpaired) electrons. The molecule has 0 bridgehead atoms. The van der Waals surface area contributed by atoms with Crippen molar-refractivity contribution in [2.75, 3.05) is 0 Å². The van der Waals surface area contributed by atoms with Crippen LogP contribution in [0.4, 0.5) is 0 Å². The van der Waals surface area contributed by atoms with Gasteiger partial charge in [0.05, 0.1) is 16.4 Å². The number of pyridine rings is 1. The Morgan fingerprint density at radius 2 is 1.96 bits per heavy atom. The number of hydrogen-bond donors (Lipinski definition) is 1. The van der Waals surface area contributed by atoms with Crippen molar-refractivity contribution in [3.05, 3.63) is 59.4 Å². The van der Waals surface area contributed by atoms with Crippen molar-refractivity contribution in [3.63, 3.8) is 0 Å². The smallest absolute Gasteiger partial charge is 0.137 e. The maximum atomic E-state index is 5.97. The van der Waals surface area contributed by atoms with E-state index in [1.54, 1.807) is 0 Å². The zero-order chi connectivity index (χ0) is 16.7. The molecule has 4 heteroatoms. The Balaban J connectivity index is 1.93. The van der Waals surface area contributed by atoms with Gasteiger partial charge in [-0.15, -0.1) is 0 Å². The third-order valence-corrected chi connectivity index (χ3v) is 5.38. The summed E-state index contributed by atoms with van der Waals surface area (Å²) in [5, 5.41) is 0. The highest BCUT2D eigenvalue weighted by molar-refractivity contribution is 7.80. The molecule has 0 fully saturated rings. The lowest BCUT2D eigenvalue weighted by Crippen LogP contribution is -2.18. The maximum absolute atomic E-state index is 5.97. The quantitative estimate of drug-likeness (QED) is 0.727. The highest BCUT2D eigenvalue weighted by Gasteiger charge is 2.22. The van der Waals surface area contributed by atoms with Crippen LogP contribution < -0.4 is 5.73 Å². The van der Waals surface area contributed by atoms with Gasteiger partial charge in [-0.05, 0) is 55.0 Å². The predicted octanol–water partition coefficient (Wildman–Crippen LogP) is 4.27. The van der Waals surface area contributed by atoms with E-state index in [1.165, 1.54) is 30.4 Å². The molecule has 2 N–H and O–H groups in total. The van der Waals surface area contributed by atoms with Gasteiger partial charge in [0.25, 0.3) is 0 Å². The Kier molecular flexibility index (Phi) is 3.85. The summed E-state index contributed by atoms with van der Waals surface area (Å²) in [5.74, 6) is -0.0246. The first kappa shape index (κ1) is 15.3. The van der Waals surface area contributed by atoms with Crippen LogP contribution in [-0.4, -0.2) is 14.4 Å². The predicted molar refractivity (Wildman–Crippen MR) is 102 cm³/mol. The topological polar surface area (TPSA) is 43.3 Å². The van der Waals surface area contributed by atoms with E-state index in [2.05, 4.69) is 29.5 Å². The number of aryl methyl sites for hydroxylation is 2. The van der Waals surface area contributed by atoms with E-state index in [0.29, 0.717) is 4.99 Å². The number of fused-ring (bicyclic) bond motifs is 2. The molecular weight excluding hydrogens is 314 g/mol. The molecule has 122 valence electrons. The third kappa shape index (κ3) is 2.51. The average molecular weight is 335 g/mol. The van der Waals surface area contributed by atoms with Gasteiger partial charge in [-0.3, -0.25) is 0 Å². The minimum Gasteiger partial charge on any atom is -0.393 e. The summed E-state index contributed by atoms with van der Waals surface area (Å²) >= 11 is 5.27. The molecule has 0 saturated carbocycles. The van der Waals surface area contributed by atoms with Gasteiger partial charge in [-0.2, -0.15) is 0 Å². The molecule has 0 saturated heterocycles. The van der Waals surface area contributed by atoms with Crippen LogP contribution in [0.1, 0.15) is 42.5 Å². The average Bonchev–Trinajstić information content (AvgIpc) is 3.00. The molecule has 1 aliphatic rings. The Morgan fingerprint density at radius 1 is 1.17 bits per heavy atom. The summed E-state index contributed by atoms with van der Waals surface area (Å²) in [6, 6.07) is 12.8. The number of nitrogens with two attached hydrogens (primary N) is 1. The van der Waals surface area contributed by atoms with Gasteiger partial charge in [0.15, 0.2) is 0 Å². The summed E-state index contributed by atoms with van der Waals surface area (Å²) in [4.78, 5) is 5.38. The van der Waals surface area contributed by atoms with Crippen molar-refractivity contribution < 1.29 is 0 Å². The monoisotopic (exact) mass is 335 g/mol. The Morgan fingerprint density at radius 3 is 2.75 bits per heavy atom. The zero-order valence-corrected chi connectivity index (χ0v) is 14.6. The van der Waals surface area contributed by atoms with Gasteiger partial charge >= 0.3 is 0 Å². The van der Waals surface area contributed by atoms with Crippen LogP contribution in [0.2, 0.25) is 0 Å². The molecule has 1 unspecified atom stereocenters. The maximum Gasteiger partial charge on any atom is 0.137 e. The Labute approximate surface area is 147 Å². The number of imidazole rings is 1. The van der Waals surface area contributed by atoms with Crippen LogP contribution >= 0.6 is 12.2 Å². The largest absolute Gasteiger partial charge is 0.393 e. The second-order valence-electron chi connectivity index (χ2n) is 6.59. The number of aromatic nitrogens is 2. The number of thiocarbonyl (C=S) groups is 1. The zero-order valence-electron chi connectivity index (χ0n) is 13.8. The number of hydrogen-bond acceptors (Lipinski definition) is 2. The van der Waals surface area contributed by atoms with Crippen molar-refractivity contribution in [1.29, 1.82) is 0 Å². The van der Waals surface area contributed by atoms with Crippen LogP contribution in [0.5, 0.6) is 0 Å². The van der Waals surface area contributed by atoms with Gasteiger partial charge in [-0.25, -0.2) is 4.98 Å². The molecule has 1 aliphatic carbocycles. The highest BCUT2D eigenvalue weighted by Crippen LogP contribution is 2.33. The summed E-state index contributed by atoms with van der Waals surface area (Å²) in [6.45, 7) is 2.06. The van der Waals surface area contributed by atoms with E-state index in [0.717, 1.165) is 29.0 Å². The molecule has 2 heterocycles. The lowest BCUT2D eigenvalue weighted by atomic mass is 9.89. The number of benzene rings is 1. The van der Waals surface area contributed by atoms with E-state index < -0.39 is 0 Å². The second-order valence-corrected chi connectivity index (χ2v) is 7.06.